The first-order valence-corrected chi connectivity index (χ1v) is 7.46. The van der Waals surface area contributed by atoms with E-state index >= 15 is 0 Å². The van der Waals surface area contributed by atoms with Gasteiger partial charge in [0, 0.05) is 12.6 Å². The molecule has 1 rings (SSSR count). The second-order valence-electron chi connectivity index (χ2n) is 5.41. The number of unbranched alkanes of at least 4 members (excludes halogenated alkanes) is 2. The summed E-state index contributed by atoms with van der Waals surface area (Å²) >= 11 is 0. The number of aryl methyl sites for hydroxylation is 2. The van der Waals surface area contributed by atoms with Gasteiger partial charge >= 0.3 is 0 Å². The van der Waals surface area contributed by atoms with Gasteiger partial charge in [-0.25, -0.2) is 0 Å². The molecule has 0 fully saturated rings. The fourth-order valence-electron chi connectivity index (χ4n) is 2.34. The molecule has 0 aliphatic carbocycles. The molecular weight excluding hydrogens is 218 g/mol. The number of rotatable bonds is 8. The Morgan fingerprint density at radius 1 is 1.11 bits per heavy atom. The van der Waals surface area contributed by atoms with Crippen LogP contribution >= 0.6 is 0 Å². The van der Waals surface area contributed by atoms with Gasteiger partial charge in [0.25, 0.3) is 0 Å². The third-order valence-electron chi connectivity index (χ3n) is 3.73. The van der Waals surface area contributed by atoms with Crippen LogP contribution in [0.4, 0.5) is 0 Å². The van der Waals surface area contributed by atoms with Gasteiger partial charge in [-0.3, -0.25) is 0 Å². The highest BCUT2D eigenvalue weighted by Crippen LogP contribution is 2.12. The van der Waals surface area contributed by atoms with Gasteiger partial charge in [-0.2, -0.15) is 0 Å². The predicted octanol–water partition coefficient (Wildman–Crippen LogP) is 4.75. The van der Waals surface area contributed by atoms with Crippen molar-refractivity contribution in [1.82, 2.24) is 5.32 Å². The molecule has 0 aliphatic rings. The van der Waals surface area contributed by atoms with Crippen LogP contribution in [0.5, 0.6) is 0 Å². The topological polar surface area (TPSA) is 12.0 Å². The van der Waals surface area contributed by atoms with Crippen molar-refractivity contribution in [3.8, 4) is 0 Å². The van der Waals surface area contributed by atoms with Gasteiger partial charge < -0.3 is 5.32 Å². The van der Waals surface area contributed by atoms with Crippen LogP contribution in [0.1, 0.15) is 62.6 Å². The van der Waals surface area contributed by atoms with E-state index in [-0.39, 0.29) is 0 Å². The zero-order valence-corrected chi connectivity index (χ0v) is 12.6. The normalized spacial score (nSPS) is 12.7. The van der Waals surface area contributed by atoms with E-state index in [1.54, 1.807) is 0 Å². The molecule has 1 heteroatoms. The van der Waals surface area contributed by atoms with Crippen LogP contribution < -0.4 is 5.32 Å². The summed E-state index contributed by atoms with van der Waals surface area (Å²) in [5.41, 5.74) is 4.21. The lowest BCUT2D eigenvalue weighted by atomic mass is 10.0. The summed E-state index contributed by atoms with van der Waals surface area (Å²) in [7, 11) is 0. The van der Waals surface area contributed by atoms with E-state index in [4.69, 9.17) is 0 Å². The minimum absolute atomic E-state index is 0.677. The number of benzene rings is 1. The van der Waals surface area contributed by atoms with E-state index in [0.717, 1.165) is 6.54 Å². The van der Waals surface area contributed by atoms with Crippen LogP contribution in [0.3, 0.4) is 0 Å². The van der Waals surface area contributed by atoms with E-state index in [2.05, 4.69) is 51.2 Å². The quantitative estimate of drug-likeness (QED) is 0.654. The zero-order chi connectivity index (χ0) is 13.4. The molecule has 1 aromatic rings. The van der Waals surface area contributed by atoms with Crippen molar-refractivity contribution in [1.29, 1.82) is 0 Å². The summed E-state index contributed by atoms with van der Waals surface area (Å²) < 4.78 is 0. The average molecular weight is 247 g/mol. The number of nitrogens with one attached hydrogen (secondary N) is 1. The maximum atomic E-state index is 3.71. The van der Waals surface area contributed by atoms with E-state index in [1.165, 1.54) is 48.8 Å². The molecule has 0 amide bonds. The van der Waals surface area contributed by atoms with Gasteiger partial charge in [0.2, 0.25) is 0 Å². The molecular formula is C17H29N. The van der Waals surface area contributed by atoms with Gasteiger partial charge in [-0.15, -0.1) is 0 Å². The Hall–Kier alpha value is -0.820. The molecule has 1 atom stereocenters. The molecule has 1 aromatic carbocycles. The van der Waals surface area contributed by atoms with Crippen LogP contribution in [0.2, 0.25) is 0 Å². The Morgan fingerprint density at radius 2 is 1.89 bits per heavy atom. The Kier molecular flexibility index (Phi) is 7.04. The zero-order valence-electron chi connectivity index (χ0n) is 12.6. The summed E-state index contributed by atoms with van der Waals surface area (Å²) in [6, 6.07) is 7.40. The Morgan fingerprint density at radius 3 is 2.56 bits per heavy atom. The lowest BCUT2D eigenvalue weighted by Crippen LogP contribution is -2.28. The van der Waals surface area contributed by atoms with Crippen molar-refractivity contribution in [2.45, 2.75) is 72.4 Å². The first kappa shape index (κ1) is 15.2. The Labute approximate surface area is 113 Å². The third kappa shape index (κ3) is 5.22. The third-order valence-corrected chi connectivity index (χ3v) is 3.73. The van der Waals surface area contributed by atoms with Crippen LogP contribution in [0.15, 0.2) is 18.2 Å². The molecule has 1 unspecified atom stereocenters. The second-order valence-corrected chi connectivity index (χ2v) is 5.41. The highest BCUT2D eigenvalue weighted by atomic mass is 14.9. The van der Waals surface area contributed by atoms with E-state index < -0.39 is 0 Å². The summed E-state index contributed by atoms with van der Waals surface area (Å²) in [5, 5.41) is 3.71. The minimum atomic E-state index is 0.677. The lowest BCUT2D eigenvalue weighted by molar-refractivity contribution is 0.446. The second kappa shape index (κ2) is 8.31. The van der Waals surface area contributed by atoms with Crippen molar-refractivity contribution in [3.63, 3.8) is 0 Å². The van der Waals surface area contributed by atoms with Gasteiger partial charge in [-0.05, 0) is 37.8 Å². The smallest absolute Gasteiger partial charge is 0.0210 e. The Balaban J connectivity index is 2.44. The van der Waals surface area contributed by atoms with Crippen molar-refractivity contribution < 1.29 is 0 Å². The van der Waals surface area contributed by atoms with E-state index in [1.807, 2.05) is 0 Å². The standard InChI is InChI=1S/C17H29N/c1-5-7-8-9-17(6-2)18-13-16-12-14(3)10-11-15(16)4/h10-12,17-18H,5-9,13H2,1-4H3. The molecule has 102 valence electrons. The summed E-state index contributed by atoms with van der Waals surface area (Å²) in [4.78, 5) is 0. The van der Waals surface area contributed by atoms with Gasteiger partial charge in [0.1, 0.15) is 0 Å². The van der Waals surface area contributed by atoms with Crippen LogP contribution in [-0.2, 0) is 6.54 Å². The number of hydrogen-bond donors (Lipinski definition) is 1. The molecule has 1 N–H and O–H groups in total. The fourth-order valence-corrected chi connectivity index (χ4v) is 2.34. The van der Waals surface area contributed by atoms with Crippen LogP contribution in [0, 0.1) is 13.8 Å². The first-order chi connectivity index (χ1) is 8.67. The molecule has 0 heterocycles. The number of hydrogen-bond acceptors (Lipinski definition) is 1. The molecule has 0 bridgehead atoms. The van der Waals surface area contributed by atoms with Crippen molar-refractivity contribution >= 4 is 0 Å². The fraction of sp³-hybridized carbons (Fsp3) is 0.647. The molecule has 1 nitrogen and oxygen atoms in total. The molecule has 0 aromatic heterocycles. The Bertz CT molecular complexity index is 343. The predicted molar refractivity (Wildman–Crippen MR) is 81.0 cm³/mol. The summed E-state index contributed by atoms with van der Waals surface area (Å²) in [5.74, 6) is 0. The summed E-state index contributed by atoms with van der Waals surface area (Å²) in [6.07, 6.45) is 6.58. The highest BCUT2D eigenvalue weighted by molar-refractivity contribution is 5.30. The van der Waals surface area contributed by atoms with Crippen molar-refractivity contribution in [3.05, 3.63) is 34.9 Å². The van der Waals surface area contributed by atoms with Crippen LogP contribution in [0.25, 0.3) is 0 Å². The monoisotopic (exact) mass is 247 g/mol. The van der Waals surface area contributed by atoms with Crippen molar-refractivity contribution in [2.75, 3.05) is 0 Å². The lowest BCUT2D eigenvalue weighted by Gasteiger charge is -2.18. The first-order valence-electron chi connectivity index (χ1n) is 7.46. The van der Waals surface area contributed by atoms with Crippen molar-refractivity contribution in [2.24, 2.45) is 0 Å². The molecule has 18 heavy (non-hydrogen) atoms. The molecule has 0 radical (unpaired) electrons. The maximum Gasteiger partial charge on any atom is 0.0210 e. The average Bonchev–Trinajstić information content (AvgIpc) is 2.37. The minimum Gasteiger partial charge on any atom is -0.310 e. The molecule has 0 saturated heterocycles. The van der Waals surface area contributed by atoms with E-state index in [9.17, 15) is 0 Å². The van der Waals surface area contributed by atoms with E-state index in [0.29, 0.717) is 6.04 Å². The highest BCUT2D eigenvalue weighted by Gasteiger charge is 2.06. The van der Waals surface area contributed by atoms with Crippen LogP contribution in [-0.4, -0.2) is 6.04 Å². The SMILES string of the molecule is CCCCCC(CC)NCc1cc(C)ccc1C. The van der Waals surface area contributed by atoms with Gasteiger partial charge in [-0.1, -0.05) is 56.9 Å². The molecule has 0 saturated carbocycles. The molecule has 0 aliphatic heterocycles. The largest absolute Gasteiger partial charge is 0.310 e. The van der Waals surface area contributed by atoms with Gasteiger partial charge in [0.05, 0.1) is 0 Å². The molecule has 0 spiro atoms. The van der Waals surface area contributed by atoms with Gasteiger partial charge in [0.15, 0.2) is 0 Å². The maximum absolute atomic E-state index is 3.71. The summed E-state index contributed by atoms with van der Waals surface area (Å²) in [6.45, 7) is 9.94.